The lowest BCUT2D eigenvalue weighted by molar-refractivity contribution is 0.601. The quantitative estimate of drug-likeness (QED) is 0.842. The number of hydrogen-bond acceptors (Lipinski definition) is 5. The number of nitrogens with zero attached hydrogens (tertiary/aromatic N) is 1. The van der Waals surface area contributed by atoms with Crippen molar-refractivity contribution in [2.45, 2.75) is 11.8 Å². The van der Waals surface area contributed by atoms with Gasteiger partial charge in [-0.05, 0) is 13.0 Å². The summed E-state index contributed by atoms with van der Waals surface area (Å²) in [6.45, 7) is 1.85. The average Bonchev–Trinajstić information content (AvgIpc) is 2.74. The van der Waals surface area contributed by atoms with Gasteiger partial charge in [0.05, 0.1) is 4.90 Å². The monoisotopic (exact) mass is 313 g/mol. The van der Waals surface area contributed by atoms with Crippen LogP contribution in [0.15, 0.2) is 35.4 Å². The number of sulfonamides is 1. The van der Waals surface area contributed by atoms with E-state index < -0.39 is 10.0 Å². The third kappa shape index (κ3) is 3.09. The summed E-state index contributed by atoms with van der Waals surface area (Å²) < 4.78 is 27.0. The minimum Gasteiger partial charge on any atom is -0.389 e. The topological polar surface area (TPSA) is 85.1 Å². The Morgan fingerprint density at radius 2 is 2.11 bits per heavy atom. The highest BCUT2D eigenvalue weighted by Gasteiger charge is 2.20. The molecule has 2 rings (SSSR count). The summed E-state index contributed by atoms with van der Waals surface area (Å²) in [4.78, 5) is 4.97. The molecule has 8 heteroatoms. The maximum absolute atomic E-state index is 12.3. The molecule has 0 spiro atoms. The Morgan fingerprint density at radius 1 is 1.42 bits per heavy atom. The molecule has 1 heterocycles. The van der Waals surface area contributed by atoms with Crippen LogP contribution in [0.3, 0.4) is 0 Å². The SMILES string of the molecule is Cc1cnc(NS(=O)(=O)c2ccccc2C(N)=S)s1. The maximum atomic E-state index is 12.3. The Kier molecular flexibility index (Phi) is 3.83. The first kappa shape index (κ1) is 13.9. The fourth-order valence-electron chi connectivity index (χ4n) is 1.48. The first-order valence-corrected chi connectivity index (χ1v) is 7.95. The van der Waals surface area contributed by atoms with Crippen LogP contribution in [0.25, 0.3) is 0 Å². The predicted molar refractivity (Wildman–Crippen MR) is 80.0 cm³/mol. The second kappa shape index (κ2) is 5.24. The number of aryl methyl sites for hydroxylation is 1. The van der Waals surface area contributed by atoms with Crippen molar-refractivity contribution < 1.29 is 8.42 Å². The van der Waals surface area contributed by atoms with Gasteiger partial charge in [-0.2, -0.15) is 0 Å². The number of thiazole rings is 1. The molecule has 0 aliphatic carbocycles. The van der Waals surface area contributed by atoms with Crippen LogP contribution in [0.5, 0.6) is 0 Å². The van der Waals surface area contributed by atoms with Gasteiger partial charge in [0.1, 0.15) is 4.99 Å². The van der Waals surface area contributed by atoms with E-state index in [1.807, 2.05) is 6.92 Å². The lowest BCUT2D eigenvalue weighted by Crippen LogP contribution is -2.19. The zero-order valence-corrected chi connectivity index (χ0v) is 12.4. The Labute approximate surface area is 120 Å². The summed E-state index contributed by atoms with van der Waals surface area (Å²) in [5.41, 5.74) is 5.85. The van der Waals surface area contributed by atoms with E-state index in [0.29, 0.717) is 10.7 Å². The zero-order chi connectivity index (χ0) is 14.0. The van der Waals surface area contributed by atoms with Gasteiger partial charge in [-0.3, -0.25) is 4.72 Å². The number of hydrogen-bond donors (Lipinski definition) is 2. The summed E-state index contributed by atoms with van der Waals surface area (Å²) >= 11 is 6.12. The standard InChI is InChI=1S/C11H11N3O2S3/c1-7-6-13-11(18-7)14-19(15,16)9-5-3-2-4-8(9)10(12)17/h2-6H,1H3,(H2,12,17)(H,13,14). The van der Waals surface area contributed by atoms with E-state index in [9.17, 15) is 8.42 Å². The van der Waals surface area contributed by atoms with Crippen molar-refractivity contribution in [2.75, 3.05) is 4.72 Å². The fraction of sp³-hybridized carbons (Fsp3) is 0.0909. The van der Waals surface area contributed by atoms with Gasteiger partial charge in [-0.15, -0.1) is 11.3 Å². The molecule has 3 N–H and O–H groups in total. The van der Waals surface area contributed by atoms with Gasteiger partial charge >= 0.3 is 0 Å². The molecule has 0 bridgehead atoms. The first-order valence-electron chi connectivity index (χ1n) is 5.24. The van der Waals surface area contributed by atoms with Crippen LogP contribution >= 0.6 is 23.6 Å². The highest BCUT2D eigenvalue weighted by atomic mass is 32.2. The van der Waals surface area contributed by atoms with Crippen LogP contribution in [0.2, 0.25) is 0 Å². The molecule has 0 unspecified atom stereocenters. The van der Waals surface area contributed by atoms with E-state index in [1.54, 1.807) is 24.4 Å². The van der Waals surface area contributed by atoms with Crippen molar-refractivity contribution in [1.82, 2.24) is 4.98 Å². The lowest BCUT2D eigenvalue weighted by atomic mass is 10.2. The molecular weight excluding hydrogens is 302 g/mol. The summed E-state index contributed by atoms with van der Waals surface area (Å²) in [7, 11) is -3.75. The number of benzene rings is 1. The van der Waals surface area contributed by atoms with Crippen molar-refractivity contribution in [3.05, 3.63) is 40.9 Å². The predicted octanol–water partition coefficient (Wildman–Crippen LogP) is 1.89. The van der Waals surface area contributed by atoms with Crippen LogP contribution in [-0.4, -0.2) is 18.4 Å². The molecule has 2 aromatic rings. The van der Waals surface area contributed by atoms with Crippen molar-refractivity contribution >= 4 is 43.7 Å². The van der Waals surface area contributed by atoms with Gasteiger partial charge in [-0.25, -0.2) is 13.4 Å². The molecule has 0 aliphatic rings. The largest absolute Gasteiger partial charge is 0.389 e. The first-order chi connectivity index (χ1) is 8.90. The molecule has 100 valence electrons. The van der Waals surface area contributed by atoms with Gasteiger partial charge in [0.25, 0.3) is 10.0 Å². The molecule has 0 saturated carbocycles. The Morgan fingerprint density at radius 3 is 2.68 bits per heavy atom. The number of rotatable bonds is 4. The molecular formula is C11H11N3O2S3. The molecule has 0 fully saturated rings. The Bertz CT molecular complexity index is 722. The van der Waals surface area contributed by atoms with Crippen molar-refractivity contribution in [1.29, 1.82) is 0 Å². The molecule has 0 amide bonds. The van der Waals surface area contributed by atoms with Gasteiger partial charge in [0.2, 0.25) is 0 Å². The smallest absolute Gasteiger partial charge is 0.264 e. The number of nitrogens with one attached hydrogen (secondary N) is 1. The third-order valence-corrected chi connectivity index (χ3v) is 4.86. The minimum atomic E-state index is -3.75. The van der Waals surface area contributed by atoms with Crippen molar-refractivity contribution in [3.8, 4) is 0 Å². The molecule has 1 aromatic carbocycles. The summed E-state index contributed by atoms with van der Waals surface area (Å²) in [6, 6.07) is 6.33. The van der Waals surface area contributed by atoms with E-state index >= 15 is 0 Å². The van der Waals surface area contributed by atoms with Crippen LogP contribution in [0, 0.1) is 6.92 Å². The van der Waals surface area contributed by atoms with Crippen LogP contribution in [0.1, 0.15) is 10.4 Å². The van der Waals surface area contributed by atoms with Gasteiger partial charge in [-0.1, -0.05) is 30.4 Å². The number of nitrogens with two attached hydrogens (primary N) is 1. The van der Waals surface area contributed by atoms with E-state index in [4.69, 9.17) is 18.0 Å². The summed E-state index contributed by atoms with van der Waals surface area (Å²) in [6.07, 6.45) is 1.60. The molecule has 0 radical (unpaired) electrons. The van der Waals surface area contributed by atoms with E-state index in [-0.39, 0.29) is 9.88 Å². The van der Waals surface area contributed by atoms with Gasteiger partial charge in [0, 0.05) is 16.6 Å². The Hall–Kier alpha value is -1.51. The third-order valence-electron chi connectivity index (χ3n) is 2.28. The van der Waals surface area contributed by atoms with Crippen LogP contribution in [-0.2, 0) is 10.0 Å². The van der Waals surface area contributed by atoms with Crippen molar-refractivity contribution in [3.63, 3.8) is 0 Å². The molecule has 0 saturated heterocycles. The molecule has 0 atom stereocenters. The second-order valence-corrected chi connectivity index (χ2v) is 7.07. The maximum Gasteiger partial charge on any atom is 0.264 e. The number of anilines is 1. The summed E-state index contributed by atoms with van der Waals surface area (Å²) in [5.74, 6) is 0. The molecule has 0 aliphatic heterocycles. The van der Waals surface area contributed by atoms with Gasteiger partial charge in [0.15, 0.2) is 5.13 Å². The van der Waals surface area contributed by atoms with E-state index in [2.05, 4.69) is 9.71 Å². The highest BCUT2D eigenvalue weighted by Crippen LogP contribution is 2.22. The Balaban J connectivity index is 2.43. The second-order valence-electron chi connectivity index (χ2n) is 3.74. The number of thiocarbonyl (C=S) groups is 1. The summed E-state index contributed by atoms with van der Waals surface area (Å²) in [5, 5.41) is 0.315. The van der Waals surface area contributed by atoms with E-state index in [1.165, 1.54) is 17.4 Å². The van der Waals surface area contributed by atoms with Crippen LogP contribution < -0.4 is 10.5 Å². The van der Waals surface area contributed by atoms with E-state index in [0.717, 1.165) is 4.88 Å². The molecule has 19 heavy (non-hydrogen) atoms. The van der Waals surface area contributed by atoms with Crippen molar-refractivity contribution in [2.24, 2.45) is 5.73 Å². The normalized spacial score (nSPS) is 11.2. The average molecular weight is 313 g/mol. The molecule has 5 nitrogen and oxygen atoms in total. The fourth-order valence-corrected chi connectivity index (χ4v) is 3.85. The molecule has 1 aromatic heterocycles. The highest BCUT2D eigenvalue weighted by molar-refractivity contribution is 7.93. The number of aromatic nitrogens is 1. The van der Waals surface area contributed by atoms with Gasteiger partial charge < -0.3 is 5.73 Å². The minimum absolute atomic E-state index is 0.0382. The van der Waals surface area contributed by atoms with Crippen LogP contribution in [0.4, 0.5) is 5.13 Å². The zero-order valence-electron chi connectivity index (χ0n) is 9.95. The lowest BCUT2D eigenvalue weighted by Gasteiger charge is -2.09.